The van der Waals surface area contributed by atoms with Crippen molar-refractivity contribution >= 4 is 23.6 Å². The number of pyridine rings is 1. The number of carbonyl (C=O) groups is 2. The highest BCUT2D eigenvalue weighted by Crippen LogP contribution is 2.06. The van der Waals surface area contributed by atoms with E-state index in [1.807, 2.05) is 6.07 Å². The molecule has 0 radical (unpaired) electrons. The van der Waals surface area contributed by atoms with Gasteiger partial charge in [-0.1, -0.05) is 6.07 Å². The third-order valence-electron chi connectivity index (χ3n) is 2.39. The van der Waals surface area contributed by atoms with E-state index in [1.165, 1.54) is 0 Å². The number of amides is 2. The molecule has 0 spiro atoms. The Bertz CT molecular complexity index is 595. The lowest BCUT2D eigenvalue weighted by Gasteiger charge is -2.05. The first-order valence-electron chi connectivity index (χ1n) is 5.73. The van der Waals surface area contributed by atoms with Crippen molar-refractivity contribution in [3.8, 4) is 0 Å². The predicted octanol–water partition coefficient (Wildman–Crippen LogP) is 0.716. The summed E-state index contributed by atoms with van der Waals surface area (Å²) in [5, 5.41) is 21.3. The maximum absolute atomic E-state index is 11.5. The van der Waals surface area contributed by atoms with Crippen molar-refractivity contribution in [3.63, 3.8) is 0 Å². The van der Waals surface area contributed by atoms with E-state index in [0.29, 0.717) is 18.0 Å². The number of urea groups is 1. The topological polar surface area (TPSA) is 109 Å². The van der Waals surface area contributed by atoms with Gasteiger partial charge in [0.1, 0.15) is 0 Å². The van der Waals surface area contributed by atoms with Gasteiger partial charge in [0, 0.05) is 19.2 Å². The fourth-order valence-electron chi connectivity index (χ4n) is 1.51. The van der Waals surface area contributed by atoms with Crippen LogP contribution in [0.15, 0.2) is 24.4 Å². The zero-order chi connectivity index (χ0) is 13.7. The summed E-state index contributed by atoms with van der Waals surface area (Å²) in [6, 6.07) is 4.94. The van der Waals surface area contributed by atoms with E-state index in [-0.39, 0.29) is 13.0 Å². The van der Waals surface area contributed by atoms with Gasteiger partial charge in [-0.2, -0.15) is 0 Å². The first-order chi connectivity index (χ1) is 9.16. The molecule has 2 heterocycles. The van der Waals surface area contributed by atoms with Gasteiger partial charge in [0.25, 0.3) is 0 Å². The molecule has 0 unspecified atom stereocenters. The molecule has 0 aliphatic rings. The van der Waals surface area contributed by atoms with E-state index in [4.69, 9.17) is 5.11 Å². The van der Waals surface area contributed by atoms with Crippen LogP contribution in [0.1, 0.15) is 12.8 Å². The molecule has 2 aromatic heterocycles. The lowest BCUT2D eigenvalue weighted by molar-refractivity contribution is -0.137. The third-order valence-corrected chi connectivity index (χ3v) is 2.39. The fraction of sp³-hybridized carbons (Fsp3) is 0.273. The standard InChI is InChI=1S/C11H13N5O3/c17-9(18)5-3-6-12-11(19)13-10-15-14-8-4-1-2-7-16(8)10/h1-2,4,7H,3,5-6H2,(H,17,18)(H2,12,13,15,19). The van der Waals surface area contributed by atoms with Crippen molar-refractivity contribution in [2.75, 3.05) is 11.9 Å². The Morgan fingerprint density at radius 2 is 2.16 bits per heavy atom. The highest BCUT2D eigenvalue weighted by atomic mass is 16.4. The number of rotatable bonds is 5. The number of carbonyl (C=O) groups excluding carboxylic acids is 1. The molecule has 0 saturated heterocycles. The molecule has 2 rings (SSSR count). The maximum atomic E-state index is 11.5. The van der Waals surface area contributed by atoms with Gasteiger partial charge in [-0.15, -0.1) is 10.2 Å². The SMILES string of the molecule is O=C(O)CCCNC(=O)Nc1nnc2ccccn12. The first-order valence-corrected chi connectivity index (χ1v) is 5.73. The van der Waals surface area contributed by atoms with Crippen LogP contribution in [0.3, 0.4) is 0 Å². The van der Waals surface area contributed by atoms with Crippen LogP contribution in [0.25, 0.3) is 5.65 Å². The number of carboxylic acids is 1. The van der Waals surface area contributed by atoms with Gasteiger partial charge in [0.15, 0.2) is 5.65 Å². The molecule has 0 fully saturated rings. The van der Waals surface area contributed by atoms with Crippen molar-refractivity contribution in [2.24, 2.45) is 0 Å². The number of nitrogens with zero attached hydrogens (tertiary/aromatic N) is 3. The van der Waals surface area contributed by atoms with E-state index in [0.717, 1.165) is 0 Å². The van der Waals surface area contributed by atoms with E-state index in [9.17, 15) is 9.59 Å². The molecule has 0 bridgehead atoms. The zero-order valence-corrected chi connectivity index (χ0v) is 10.0. The summed E-state index contributed by atoms with van der Waals surface area (Å²) >= 11 is 0. The van der Waals surface area contributed by atoms with Gasteiger partial charge >= 0.3 is 12.0 Å². The average molecular weight is 263 g/mol. The predicted molar refractivity (Wildman–Crippen MR) is 66.9 cm³/mol. The number of carboxylic acid groups (broad SMARTS) is 1. The van der Waals surface area contributed by atoms with Gasteiger partial charge in [-0.05, 0) is 18.6 Å². The number of aliphatic carboxylic acids is 1. The molecule has 0 atom stereocenters. The van der Waals surface area contributed by atoms with Crippen LogP contribution < -0.4 is 10.6 Å². The molecule has 3 N–H and O–H groups in total. The first kappa shape index (κ1) is 12.8. The molecule has 0 aromatic carbocycles. The Labute approximate surface area is 108 Å². The third kappa shape index (κ3) is 3.41. The summed E-state index contributed by atoms with van der Waals surface area (Å²) in [5.41, 5.74) is 0.628. The number of hydrogen-bond donors (Lipinski definition) is 3. The molecule has 8 heteroatoms. The van der Waals surface area contributed by atoms with Crippen LogP contribution >= 0.6 is 0 Å². The maximum Gasteiger partial charge on any atom is 0.321 e. The normalized spacial score (nSPS) is 10.3. The molecule has 0 aliphatic heterocycles. The Balaban J connectivity index is 1.87. The number of hydrogen-bond acceptors (Lipinski definition) is 4. The fourth-order valence-corrected chi connectivity index (χ4v) is 1.51. The summed E-state index contributed by atoms with van der Waals surface area (Å²) < 4.78 is 1.64. The second-order valence-electron chi connectivity index (χ2n) is 3.83. The molecule has 0 aliphatic carbocycles. The molecular weight excluding hydrogens is 250 g/mol. The minimum Gasteiger partial charge on any atom is -0.481 e. The summed E-state index contributed by atoms with van der Waals surface area (Å²) in [6.45, 7) is 0.287. The molecule has 0 saturated carbocycles. The van der Waals surface area contributed by atoms with Crippen LogP contribution in [0, 0.1) is 0 Å². The van der Waals surface area contributed by atoms with Crippen LogP contribution in [0.2, 0.25) is 0 Å². The lowest BCUT2D eigenvalue weighted by atomic mass is 10.3. The summed E-state index contributed by atoms with van der Waals surface area (Å²) in [5.74, 6) is -0.572. The van der Waals surface area contributed by atoms with Crippen molar-refractivity contribution in [2.45, 2.75) is 12.8 Å². The molecule has 2 aromatic rings. The molecule has 8 nitrogen and oxygen atoms in total. The van der Waals surface area contributed by atoms with Gasteiger partial charge in [0.05, 0.1) is 0 Å². The highest BCUT2D eigenvalue weighted by molar-refractivity contribution is 5.87. The van der Waals surface area contributed by atoms with E-state index in [2.05, 4.69) is 20.8 Å². The van der Waals surface area contributed by atoms with Crippen molar-refractivity contribution in [3.05, 3.63) is 24.4 Å². The largest absolute Gasteiger partial charge is 0.481 e. The van der Waals surface area contributed by atoms with Gasteiger partial charge in [-0.3, -0.25) is 14.5 Å². The monoisotopic (exact) mass is 263 g/mol. The van der Waals surface area contributed by atoms with Crippen LogP contribution in [0.4, 0.5) is 10.7 Å². The highest BCUT2D eigenvalue weighted by Gasteiger charge is 2.08. The summed E-state index contributed by atoms with van der Waals surface area (Å²) in [6.07, 6.45) is 2.13. The Hall–Kier alpha value is -2.64. The number of anilines is 1. The second-order valence-corrected chi connectivity index (χ2v) is 3.83. The van der Waals surface area contributed by atoms with Gasteiger partial charge < -0.3 is 10.4 Å². The number of fused-ring (bicyclic) bond motifs is 1. The average Bonchev–Trinajstić information content (AvgIpc) is 2.78. The number of aromatic nitrogens is 3. The van der Waals surface area contributed by atoms with Crippen LogP contribution in [-0.2, 0) is 4.79 Å². The van der Waals surface area contributed by atoms with Gasteiger partial charge in [-0.25, -0.2) is 4.79 Å². The molecule has 100 valence electrons. The minimum absolute atomic E-state index is 0.0220. The van der Waals surface area contributed by atoms with E-state index in [1.54, 1.807) is 22.7 Å². The summed E-state index contributed by atoms with van der Waals surface area (Å²) in [4.78, 5) is 21.8. The lowest BCUT2D eigenvalue weighted by Crippen LogP contribution is -2.30. The van der Waals surface area contributed by atoms with Crippen LogP contribution in [-0.4, -0.2) is 38.2 Å². The molecule has 19 heavy (non-hydrogen) atoms. The zero-order valence-electron chi connectivity index (χ0n) is 10.0. The van der Waals surface area contributed by atoms with Crippen molar-refractivity contribution < 1.29 is 14.7 Å². The van der Waals surface area contributed by atoms with Crippen LogP contribution in [0.5, 0.6) is 0 Å². The Kier molecular flexibility index (Phi) is 3.91. The molecular formula is C11H13N5O3. The minimum atomic E-state index is -0.884. The van der Waals surface area contributed by atoms with Gasteiger partial charge in [0.2, 0.25) is 5.95 Å². The summed E-state index contributed by atoms with van der Waals surface area (Å²) in [7, 11) is 0. The van der Waals surface area contributed by atoms with E-state index < -0.39 is 12.0 Å². The van der Waals surface area contributed by atoms with Crippen molar-refractivity contribution in [1.29, 1.82) is 0 Å². The van der Waals surface area contributed by atoms with Crippen molar-refractivity contribution in [1.82, 2.24) is 19.9 Å². The number of nitrogens with one attached hydrogen (secondary N) is 2. The quantitative estimate of drug-likeness (QED) is 0.688. The second kappa shape index (κ2) is 5.80. The molecule has 2 amide bonds. The smallest absolute Gasteiger partial charge is 0.321 e. The Morgan fingerprint density at radius 3 is 2.95 bits per heavy atom. The van der Waals surface area contributed by atoms with E-state index >= 15 is 0 Å². The Morgan fingerprint density at radius 1 is 1.32 bits per heavy atom.